The van der Waals surface area contributed by atoms with Crippen molar-refractivity contribution in [2.45, 2.75) is 30.8 Å². The molecule has 1 heterocycles. The molecule has 0 N–H and O–H groups in total. The number of alkyl halides is 3. The summed E-state index contributed by atoms with van der Waals surface area (Å²) < 4.78 is 37.6. The summed E-state index contributed by atoms with van der Waals surface area (Å²) in [6.07, 6.45) is -0.136. The van der Waals surface area contributed by atoms with Gasteiger partial charge in [-0.2, -0.15) is 13.2 Å². The predicted molar refractivity (Wildman–Crippen MR) is 67.5 cm³/mol. The quantitative estimate of drug-likeness (QED) is 0.738. The van der Waals surface area contributed by atoms with Gasteiger partial charge < -0.3 is 0 Å². The van der Waals surface area contributed by atoms with Gasteiger partial charge in [-0.25, -0.2) is 10.9 Å². The van der Waals surface area contributed by atoms with E-state index >= 15 is 0 Å². The zero-order valence-corrected chi connectivity index (χ0v) is 10.5. The van der Waals surface area contributed by atoms with Gasteiger partial charge in [-0.15, -0.1) is 0 Å². The second-order valence-corrected chi connectivity index (χ2v) is 6.30. The predicted octanol–water partition coefficient (Wildman–Crippen LogP) is 4.85. The first-order valence-electron chi connectivity index (χ1n) is 5.68. The molecule has 1 aliphatic rings. The molecule has 0 saturated carbocycles. The normalized spacial score (nSPS) is 20.6. The van der Waals surface area contributed by atoms with Gasteiger partial charge in [-0.1, -0.05) is 13.3 Å². The lowest BCUT2D eigenvalue weighted by atomic mass is 10.1. The van der Waals surface area contributed by atoms with Crippen molar-refractivity contribution < 1.29 is 13.2 Å². The fourth-order valence-corrected chi connectivity index (χ4v) is 4.18. The van der Waals surface area contributed by atoms with Crippen molar-refractivity contribution in [3.8, 4) is 0 Å². The maximum atomic E-state index is 12.5. The molecule has 1 atom stereocenters. The molecule has 0 radical (unpaired) electrons. The van der Waals surface area contributed by atoms with E-state index in [1.54, 1.807) is 6.07 Å². The fourth-order valence-electron chi connectivity index (χ4n) is 1.90. The number of benzene rings is 1. The van der Waals surface area contributed by atoms with Crippen LogP contribution in [-0.4, -0.2) is 5.75 Å². The van der Waals surface area contributed by atoms with Crippen molar-refractivity contribution in [3.05, 3.63) is 34.7 Å². The molecule has 0 aromatic heterocycles. The summed E-state index contributed by atoms with van der Waals surface area (Å²) in [7, 11) is -0.363. The topological polar surface area (TPSA) is 0 Å². The van der Waals surface area contributed by atoms with Crippen LogP contribution in [0, 0.1) is 0 Å². The summed E-state index contributed by atoms with van der Waals surface area (Å²) >= 11 is 0. The average molecular weight is 260 g/mol. The largest absolute Gasteiger partial charge is 0.416 e. The van der Waals surface area contributed by atoms with Crippen molar-refractivity contribution in [1.82, 2.24) is 0 Å². The van der Waals surface area contributed by atoms with Crippen LogP contribution in [0.4, 0.5) is 13.2 Å². The molecule has 0 aliphatic carbocycles. The van der Waals surface area contributed by atoms with E-state index in [1.807, 2.05) is 6.08 Å². The molecule has 2 rings (SSSR count). The monoisotopic (exact) mass is 260 g/mol. The van der Waals surface area contributed by atoms with Crippen LogP contribution in [0.15, 0.2) is 28.5 Å². The molecule has 0 nitrogen and oxygen atoms in total. The third kappa shape index (κ3) is 2.68. The molecule has 0 amide bonds. The van der Waals surface area contributed by atoms with Crippen LogP contribution < -0.4 is 0 Å². The zero-order valence-electron chi connectivity index (χ0n) is 9.59. The summed E-state index contributed by atoms with van der Waals surface area (Å²) in [5.41, 5.74) is 0.204. The van der Waals surface area contributed by atoms with E-state index in [0.717, 1.165) is 29.1 Å². The van der Waals surface area contributed by atoms with Crippen molar-refractivity contribution in [2.24, 2.45) is 0 Å². The highest BCUT2D eigenvalue weighted by atomic mass is 32.2. The third-order valence-corrected chi connectivity index (χ3v) is 5.18. The van der Waals surface area contributed by atoms with E-state index in [9.17, 15) is 13.2 Å². The van der Waals surface area contributed by atoms with Gasteiger partial charge in [0, 0.05) is 0 Å². The Morgan fingerprint density at radius 1 is 1.24 bits per heavy atom. The van der Waals surface area contributed by atoms with Gasteiger partial charge >= 0.3 is 6.18 Å². The van der Waals surface area contributed by atoms with E-state index in [-0.39, 0.29) is 10.9 Å². The number of halogens is 3. The van der Waals surface area contributed by atoms with Gasteiger partial charge in [0.25, 0.3) is 0 Å². The van der Waals surface area contributed by atoms with E-state index in [1.165, 1.54) is 12.1 Å². The Kier molecular flexibility index (Phi) is 3.52. The molecular formula is C13H15F3S. The lowest BCUT2D eigenvalue weighted by Gasteiger charge is -2.16. The van der Waals surface area contributed by atoms with Crippen molar-refractivity contribution in [3.63, 3.8) is 0 Å². The molecule has 0 fully saturated rings. The Labute approximate surface area is 102 Å². The molecule has 1 aromatic carbocycles. The smallest absolute Gasteiger partial charge is 0.206 e. The second-order valence-electron chi connectivity index (χ2n) is 4.13. The standard InChI is InChI=1S/C13H15F3S/c1-2-3-7-17-8-6-10-9-11(13(14,15)16)4-5-12(10)17/h4-6,8-9,17H,2-3,7H2,1H3. The second kappa shape index (κ2) is 4.77. The molecule has 17 heavy (non-hydrogen) atoms. The van der Waals surface area contributed by atoms with Crippen LogP contribution in [0.25, 0.3) is 6.08 Å². The number of hydrogen-bond donors (Lipinski definition) is 1. The van der Waals surface area contributed by atoms with Gasteiger partial charge in [-0.05, 0) is 52.3 Å². The summed E-state index contributed by atoms with van der Waals surface area (Å²) in [5, 5.41) is 2.08. The molecular weight excluding hydrogens is 245 g/mol. The molecule has 0 spiro atoms. The van der Waals surface area contributed by atoms with Gasteiger partial charge in [0.15, 0.2) is 0 Å². The molecule has 0 saturated heterocycles. The van der Waals surface area contributed by atoms with E-state index < -0.39 is 11.7 Å². The number of thiol groups is 1. The lowest BCUT2D eigenvalue weighted by molar-refractivity contribution is -0.137. The van der Waals surface area contributed by atoms with E-state index in [0.29, 0.717) is 0 Å². The Bertz CT molecular complexity index is 435. The van der Waals surface area contributed by atoms with E-state index in [2.05, 4.69) is 12.3 Å². The average Bonchev–Trinajstić information content (AvgIpc) is 2.67. The highest BCUT2D eigenvalue weighted by Gasteiger charge is 2.31. The Balaban J connectivity index is 2.23. The molecule has 1 unspecified atom stereocenters. The summed E-state index contributed by atoms with van der Waals surface area (Å²) in [5.74, 6) is 1.08. The van der Waals surface area contributed by atoms with Gasteiger partial charge in [0.05, 0.1) is 5.56 Å². The van der Waals surface area contributed by atoms with E-state index in [4.69, 9.17) is 0 Å². The number of rotatable bonds is 3. The van der Waals surface area contributed by atoms with Crippen LogP contribution >= 0.6 is 10.9 Å². The van der Waals surface area contributed by atoms with Gasteiger partial charge in [0.2, 0.25) is 0 Å². The highest BCUT2D eigenvalue weighted by molar-refractivity contribution is 8.20. The molecule has 4 heteroatoms. The van der Waals surface area contributed by atoms with Crippen LogP contribution in [-0.2, 0) is 6.18 Å². The number of fused-ring (bicyclic) bond motifs is 1. The molecule has 1 aliphatic heterocycles. The molecule has 0 bridgehead atoms. The Morgan fingerprint density at radius 3 is 2.65 bits per heavy atom. The highest BCUT2D eigenvalue weighted by Crippen LogP contribution is 2.47. The summed E-state index contributed by atoms with van der Waals surface area (Å²) in [6, 6.07) is 4.12. The van der Waals surface area contributed by atoms with Crippen LogP contribution in [0.5, 0.6) is 0 Å². The first-order valence-corrected chi connectivity index (χ1v) is 7.28. The number of unbranched alkanes of at least 4 members (excludes halogenated alkanes) is 1. The molecule has 94 valence electrons. The summed E-state index contributed by atoms with van der Waals surface area (Å²) in [4.78, 5) is 1.10. The summed E-state index contributed by atoms with van der Waals surface area (Å²) in [6.45, 7) is 2.13. The van der Waals surface area contributed by atoms with Gasteiger partial charge in [0.1, 0.15) is 0 Å². The zero-order chi connectivity index (χ0) is 12.5. The van der Waals surface area contributed by atoms with Crippen LogP contribution in [0.2, 0.25) is 0 Å². The Hall–Kier alpha value is -0.900. The first kappa shape index (κ1) is 12.6. The SMILES string of the molecule is CCCC[SH]1C=Cc2cc(C(F)(F)F)ccc21. The van der Waals surface area contributed by atoms with Gasteiger partial charge in [-0.3, -0.25) is 0 Å². The van der Waals surface area contributed by atoms with Crippen molar-refractivity contribution >= 4 is 17.0 Å². The third-order valence-electron chi connectivity index (χ3n) is 2.85. The maximum absolute atomic E-state index is 12.5. The van der Waals surface area contributed by atoms with Crippen molar-refractivity contribution in [2.75, 3.05) is 5.75 Å². The maximum Gasteiger partial charge on any atom is 0.416 e. The van der Waals surface area contributed by atoms with Crippen LogP contribution in [0.3, 0.4) is 0 Å². The molecule has 1 aromatic rings. The minimum Gasteiger partial charge on any atom is -0.206 e. The number of hydrogen-bond acceptors (Lipinski definition) is 0. The van der Waals surface area contributed by atoms with Crippen LogP contribution in [0.1, 0.15) is 30.9 Å². The minimum absolute atomic E-state index is 0.363. The first-order chi connectivity index (χ1) is 8.02. The lowest BCUT2D eigenvalue weighted by Crippen LogP contribution is -2.05. The Morgan fingerprint density at radius 2 is 2.00 bits per heavy atom. The minimum atomic E-state index is -4.24. The van der Waals surface area contributed by atoms with Crippen molar-refractivity contribution in [1.29, 1.82) is 0 Å². The fraction of sp³-hybridized carbons (Fsp3) is 0.385.